The normalized spacial score (nSPS) is 15.5. The lowest BCUT2D eigenvalue weighted by atomic mass is 10.1. The molecule has 1 aliphatic rings. The summed E-state index contributed by atoms with van der Waals surface area (Å²) in [6.45, 7) is 4.85. The zero-order valence-corrected chi connectivity index (χ0v) is 17.6. The Hall–Kier alpha value is -2.42. The molecule has 0 spiro atoms. The minimum absolute atomic E-state index is 0.0242. The van der Waals surface area contributed by atoms with Crippen molar-refractivity contribution < 1.29 is 17.6 Å². The number of likely N-dealkylation sites (tertiary alicyclic amines) is 1. The van der Waals surface area contributed by atoms with Gasteiger partial charge in [0.15, 0.2) is 0 Å². The quantitative estimate of drug-likeness (QED) is 0.688. The number of aromatic nitrogens is 2. The fraction of sp³-hybridized carbons (Fsp3) is 0.500. The number of amides is 1. The van der Waals surface area contributed by atoms with E-state index in [0.29, 0.717) is 30.8 Å². The average molecular weight is 423 g/mol. The molecule has 1 aromatic heterocycles. The second-order valence-electron chi connectivity index (χ2n) is 7.36. The monoisotopic (exact) mass is 422 g/mol. The molecule has 2 heterocycles. The van der Waals surface area contributed by atoms with Crippen molar-refractivity contribution in [2.45, 2.75) is 45.7 Å². The highest BCUT2D eigenvalue weighted by Gasteiger charge is 2.26. The summed E-state index contributed by atoms with van der Waals surface area (Å²) in [5.41, 5.74) is 1.20. The minimum atomic E-state index is -3.54. The summed E-state index contributed by atoms with van der Waals surface area (Å²) in [6, 6.07) is 5.95. The van der Waals surface area contributed by atoms with Crippen molar-refractivity contribution in [1.82, 2.24) is 14.7 Å². The summed E-state index contributed by atoms with van der Waals surface area (Å²) in [5, 5.41) is 4.41. The number of rotatable bonds is 7. The Bertz CT molecular complexity index is 935. The molecular formula is C20H27FN4O3S. The SMILES string of the molecule is CCCS(=O)(=O)N(Cc1ccc(F)cc1)c1cnn(C2CCN(C(C)=O)CC2)c1. The van der Waals surface area contributed by atoms with Gasteiger partial charge >= 0.3 is 0 Å². The lowest BCUT2D eigenvalue weighted by Crippen LogP contribution is -2.37. The van der Waals surface area contributed by atoms with Crippen molar-refractivity contribution in [3.63, 3.8) is 0 Å². The van der Waals surface area contributed by atoms with Crippen LogP contribution in [-0.4, -0.2) is 47.8 Å². The van der Waals surface area contributed by atoms with Gasteiger partial charge in [0.05, 0.1) is 30.2 Å². The van der Waals surface area contributed by atoms with Crippen molar-refractivity contribution in [2.24, 2.45) is 0 Å². The van der Waals surface area contributed by atoms with E-state index >= 15 is 0 Å². The molecule has 1 aliphatic heterocycles. The number of piperidine rings is 1. The highest BCUT2D eigenvalue weighted by molar-refractivity contribution is 7.92. The van der Waals surface area contributed by atoms with Crippen molar-refractivity contribution >= 4 is 21.6 Å². The van der Waals surface area contributed by atoms with E-state index < -0.39 is 10.0 Å². The van der Waals surface area contributed by atoms with E-state index in [4.69, 9.17) is 0 Å². The molecule has 0 unspecified atom stereocenters. The molecule has 9 heteroatoms. The summed E-state index contributed by atoms with van der Waals surface area (Å²) in [4.78, 5) is 13.3. The van der Waals surface area contributed by atoms with Gasteiger partial charge in [-0.15, -0.1) is 0 Å². The van der Waals surface area contributed by atoms with Gasteiger partial charge < -0.3 is 4.90 Å². The predicted molar refractivity (Wildman–Crippen MR) is 109 cm³/mol. The molecule has 0 bridgehead atoms. The van der Waals surface area contributed by atoms with Crippen LogP contribution in [0.3, 0.4) is 0 Å². The third-order valence-electron chi connectivity index (χ3n) is 5.20. The van der Waals surface area contributed by atoms with E-state index in [1.54, 1.807) is 36.1 Å². The van der Waals surface area contributed by atoms with Crippen molar-refractivity contribution in [1.29, 1.82) is 0 Å². The van der Waals surface area contributed by atoms with Crippen LogP contribution in [0.25, 0.3) is 0 Å². The van der Waals surface area contributed by atoms with Crippen molar-refractivity contribution in [3.8, 4) is 0 Å². The molecule has 1 aromatic carbocycles. The van der Waals surface area contributed by atoms with Gasteiger partial charge in [-0.05, 0) is 37.0 Å². The van der Waals surface area contributed by atoms with Crippen LogP contribution in [0.2, 0.25) is 0 Å². The van der Waals surface area contributed by atoms with Gasteiger partial charge in [-0.1, -0.05) is 19.1 Å². The Morgan fingerprint density at radius 2 is 1.90 bits per heavy atom. The Kier molecular flexibility index (Phi) is 6.56. The largest absolute Gasteiger partial charge is 0.343 e. The number of hydrogen-bond donors (Lipinski definition) is 0. The van der Waals surface area contributed by atoms with Crippen LogP contribution in [0.1, 0.15) is 44.7 Å². The fourth-order valence-corrected chi connectivity index (χ4v) is 5.07. The predicted octanol–water partition coefficient (Wildman–Crippen LogP) is 2.95. The lowest BCUT2D eigenvalue weighted by molar-refractivity contribution is -0.130. The first-order chi connectivity index (χ1) is 13.8. The molecule has 0 atom stereocenters. The number of carbonyl (C=O) groups excluding carboxylic acids is 1. The van der Waals surface area contributed by atoms with Gasteiger partial charge in [-0.25, -0.2) is 12.8 Å². The Morgan fingerprint density at radius 1 is 1.24 bits per heavy atom. The number of anilines is 1. The molecule has 3 rings (SSSR count). The van der Waals surface area contributed by atoms with Crippen LogP contribution < -0.4 is 4.31 Å². The van der Waals surface area contributed by atoms with Crippen LogP contribution in [0, 0.1) is 5.82 Å². The molecule has 29 heavy (non-hydrogen) atoms. The summed E-state index contributed by atoms with van der Waals surface area (Å²) in [5.74, 6) is -0.265. The molecule has 1 fully saturated rings. The number of hydrogen-bond acceptors (Lipinski definition) is 4. The lowest BCUT2D eigenvalue weighted by Gasteiger charge is -2.31. The molecule has 0 N–H and O–H groups in total. The molecular weight excluding hydrogens is 395 g/mol. The highest BCUT2D eigenvalue weighted by atomic mass is 32.2. The maximum absolute atomic E-state index is 13.2. The van der Waals surface area contributed by atoms with E-state index in [0.717, 1.165) is 12.8 Å². The molecule has 1 saturated heterocycles. The Labute approximate surface area is 171 Å². The van der Waals surface area contributed by atoms with Crippen LogP contribution >= 0.6 is 0 Å². The maximum Gasteiger partial charge on any atom is 0.235 e. The van der Waals surface area contributed by atoms with E-state index in [1.165, 1.54) is 16.4 Å². The number of carbonyl (C=O) groups is 1. The standard InChI is InChI=1S/C20H27FN4O3S/c1-3-12-29(27,28)25(14-17-4-6-18(21)7-5-17)20-13-22-24(15-20)19-8-10-23(11-9-19)16(2)26/h4-7,13,15,19H,3,8-12,14H2,1-2H3. The third kappa shape index (κ3) is 5.14. The number of halogens is 1. The smallest absolute Gasteiger partial charge is 0.235 e. The van der Waals surface area contributed by atoms with Crippen molar-refractivity contribution in [3.05, 3.63) is 48.0 Å². The van der Waals surface area contributed by atoms with E-state index in [1.807, 2.05) is 11.8 Å². The summed E-state index contributed by atoms with van der Waals surface area (Å²) in [6.07, 6.45) is 5.37. The van der Waals surface area contributed by atoms with E-state index in [9.17, 15) is 17.6 Å². The first kappa shape index (κ1) is 21.3. The number of benzene rings is 1. The van der Waals surface area contributed by atoms with Crippen LogP contribution in [0.15, 0.2) is 36.7 Å². The zero-order chi connectivity index (χ0) is 21.0. The second-order valence-corrected chi connectivity index (χ2v) is 9.38. The first-order valence-corrected chi connectivity index (χ1v) is 11.5. The van der Waals surface area contributed by atoms with Gasteiger partial charge in [-0.2, -0.15) is 5.10 Å². The topological polar surface area (TPSA) is 75.5 Å². The van der Waals surface area contributed by atoms with Crippen molar-refractivity contribution in [2.75, 3.05) is 23.1 Å². The summed E-state index contributed by atoms with van der Waals surface area (Å²) in [7, 11) is -3.54. The Morgan fingerprint density at radius 3 is 2.48 bits per heavy atom. The summed E-state index contributed by atoms with van der Waals surface area (Å²) < 4.78 is 42.1. The minimum Gasteiger partial charge on any atom is -0.343 e. The molecule has 0 saturated carbocycles. The van der Waals surface area contributed by atoms with Gasteiger partial charge in [0.1, 0.15) is 5.82 Å². The van der Waals surface area contributed by atoms with E-state index in [2.05, 4.69) is 5.10 Å². The first-order valence-electron chi connectivity index (χ1n) is 9.84. The van der Waals surface area contributed by atoms with Crippen LogP contribution in [0.4, 0.5) is 10.1 Å². The summed E-state index contributed by atoms with van der Waals surface area (Å²) >= 11 is 0. The fourth-order valence-electron chi connectivity index (χ4n) is 3.58. The zero-order valence-electron chi connectivity index (χ0n) is 16.8. The molecule has 2 aromatic rings. The molecule has 0 aliphatic carbocycles. The van der Waals surface area contributed by atoms with Gasteiger partial charge in [0.25, 0.3) is 0 Å². The van der Waals surface area contributed by atoms with E-state index in [-0.39, 0.29) is 30.1 Å². The molecule has 0 radical (unpaired) electrons. The van der Waals surface area contributed by atoms with Gasteiger partial charge in [-0.3, -0.25) is 13.8 Å². The Balaban J connectivity index is 1.81. The second kappa shape index (κ2) is 8.94. The van der Waals surface area contributed by atoms with Crippen LogP contribution in [0.5, 0.6) is 0 Å². The molecule has 1 amide bonds. The molecule has 7 nitrogen and oxygen atoms in total. The number of sulfonamides is 1. The average Bonchev–Trinajstić information content (AvgIpc) is 3.17. The number of nitrogens with zero attached hydrogens (tertiary/aromatic N) is 4. The molecule has 158 valence electrons. The highest BCUT2D eigenvalue weighted by Crippen LogP contribution is 2.27. The maximum atomic E-state index is 13.2. The van der Waals surface area contributed by atoms with Gasteiger partial charge in [0, 0.05) is 26.2 Å². The van der Waals surface area contributed by atoms with Gasteiger partial charge in [0.2, 0.25) is 15.9 Å². The van der Waals surface area contributed by atoms with Crippen LogP contribution in [-0.2, 0) is 21.4 Å². The third-order valence-corrected chi connectivity index (χ3v) is 7.13.